The quantitative estimate of drug-likeness (QED) is 0.656. The number of nitrogens with zero attached hydrogens (tertiary/aromatic N) is 5. The number of hydrogen-bond donors (Lipinski definition) is 2. The molecular formula is C20H20FN7O2. The predicted octanol–water partition coefficient (Wildman–Crippen LogP) is 1.33. The van der Waals surface area contributed by atoms with Crippen molar-refractivity contribution in [3.63, 3.8) is 0 Å². The van der Waals surface area contributed by atoms with Gasteiger partial charge in [0.1, 0.15) is 5.82 Å². The normalized spacial score (nSPS) is 18.6. The SMILES string of the molecule is CN1C(=O)C[C@@H](CNC(=O)c2nccnc2N)[C@@H]1c1cnn(-c2ccc(F)cc2)c1. The Bertz CT molecular complexity index is 1080. The summed E-state index contributed by atoms with van der Waals surface area (Å²) in [5.41, 5.74) is 7.29. The van der Waals surface area contributed by atoms with Gasteiger partial charge >= 0.3 is 0 Å². The molecule has 1 aromatic carbocycles. The van der Waals surface area contributed by atoms with Gasteiger partial charge in [-0.05, 0) is 24.3 Å². The van der Waals surface area contributed by atoms with E-state index in [4.69, 9.17) is 5.73 Å². The number of carbonyl (C=O) groups is 2. The van der Waals surface area contributed by atoms with Gasteiger partial charge in [0, 0.05) is 50.1 Å². The molecule has 0 spiro atoms. The van der Waals surface area contributed by atoms with Gasteiger partial charge in [0.15, 0.2) is 11.5 Å². The van der Waals surface area contributed by atoms with Crippen molar-refractivity contribution in [1.29, 1.82) is 0 Å². The first-order valence-corrected chi connectivity index (χ1v) is 9.35. The number of amides is 2. The predicted molar refractivity (Wildman–Crippen MR) is 106 cm³/mol. The molecule has 10 heteroatoms. The molecule has 1 aliphatic rings. The van der Waals surface area contributed by atoms with Crippen molar-refractivity contribution in [2.24, 2.45) is 5.92 Å². The Morgan fingerprint density at radius 2 is 2.00 bits per heavy atom. The van der Waals surface area contributed by atoms with Crippen molar-refractivity contribution in [3.05, 3.63) is 66.1 Å². The van der Waals surface area contributed by atoms with Crippen molar-refractivity contribution in [1.82, 2.24) is 30.0 Å². The smallest absolute Gasteiger partial charge is 0.273 e. The molecule has 30 heavy (non-hydrogen) atoms. The summed E-state index contributed by atoms with van der Waals surface area (Å²) in [6.45, 7) is 0.261. The standard InChI is InChI=1S/C20H20FN7O2/c1-27-16(29)8-12(9-25-20(30)17-19(22)24-7-6-23-17)18(27)13-10-26-28(11-13)15-4-2-14(21)3-5-15/h2-7,10-12,18H,8-9H2,1H3,(H2,22,24)(H,25,30)/t12-,18+/m0/s1. The van der Waals surface area contributed by atoms with Gasteiger partial charge in [0.05, 0.1) is 17.9 Å². The van der Waals surface area contributed by atoms with Crippen molar-refractivity contribution in [3.8, 4) is 5.69 Å². The summed E-state index contributed by atoms with van der Waals surface area (Å²) in [4.78, 5) is 34.2. The number of likely N-dealkylation sites (tertiary alicyclic amines) is 1. The Kier molecular flexibility index (Phi) is 5.13. The average Bonchev–Trinajstić information content (AvgIpc) is 3.32. The summed E-state index contributed by atoms with van der Waals surface area (Å²) < 4.78 is 14.8. The lowest BCUT2D eigenvalue weighted by Crippen LogP contribution is -2.33. The fourth-order valence-corrected chi connectivity index (χ4v) is 3.69. The van der Waals surface area contributed by atoms with Crippen LogP contribution in [0.5, 0.6) is 0 Å². The van der Waals surface area contributed by atoms with E-state index in [-0.39, 0.29) is 41.7 Å². The third-order valence-electron chi connectivity index (χ3n) is 5.20. The molecule has 0 bridgehead atoms. The van der Waals surface area contributed by atoms with Gasteiger partial charge < -0.3 is 16.0 Å². The molecule has 1 fully saturated rings. The Labute approximate surface area is 171 Å². The van der Waals surface area contributed by atoms with Gasteiger partial charge in [-0.15, -0.1) is 0 Å². The van der Waals surface area contributed by atoms with Crippen LogP contribution in [0.15, 0.2) is 49.1 Å². The van der Waals surface area contributed by atoms with Gasteiger partial charge in [-0.1, -0.05) is 0 Å². The lowest BCUT2D eigenvalue weighted by Gasteiger charge is -2.24. The van der Waals surface area contributed by atoms with Gasteiger partial charge in [-0.3, -0.25) is 9.59 Å². The van der Waals surface area contributed by atoms with Crippen molar-refractivity contribution in [2.75, 3.05) is 19.3 Å². The molecule has 3 N–H and O–H groups in total. The lowest BCUT2D eigenvalue weighted by molar-refractivity contribution is -0.127. The molecule has 2 aromatic heterocycles. The summed E-state index contributed by atoms with van der Waals surface area (Å²) in [6.07, 6.45) is 6.58. The highest BCUT2D eigenvalue weighted by atomic mass is 19.1. The second-order valence-electron chi connectivity index (χ2n) is 7.11. The molecule has 3 heterocycles. The van der Waals surface area contributed by atoms with E-state index in [1.807, 2.05) is 6.20 Å². The molecule has 1 saturated heterocycles. The van der Waals surface area contributed by atoms with Gasteiger partial charge in [0.25, 0.3) is 5.91 Å². The average molecular weight is 409 g/mol. The van der Waals surface area contributed by atoms with Crippen LogP contribution in [0.4, 0.5) is 10.2 Å². The highest BCUT2D eigenvalue weighted by molar-refractivity contribution is 5.96. The van der Waals surface area contributed by atoms with Gasteiger partial charge in [-0.25, -0.2) is 19.0 Å². The molecule has 0 saturated carbocycles. The van der Waals surface area contributed by atoms with E-state index >= 15 is 0 Å². The van der Waals surface area contributed by atoms with Gasteiger partial charge in [-0.2, -0.15) is 5.10 Å². The molecule has 154 valence electrons. The molecule has 3 aromatic rings. The fraction of sp³-hybridized carbons (Fsp3) is 0.250. The first-order valence-electron chi connectivity index (χ1n) is 9.35. The number of halogens is 1. The number of carbonyl (C=O) groups excluding carboxylic acids is 2. The minimum absolute atomic E-state index is 0.0206. The van der Waals surface area contributed by atoms with Crippen LogP contribution >= 0.6 is 0 Å². The molecule has 1 aliphatic heterocycles. The summed E-state index contributed by atoms with van der Waals surface area (Å²) in [5.74, 6) is -0.898. The van der Waals surface area contributed by atoms with Crippen LogP contribution in [0, 0.1) is 11.7 Å². The Hall–Kier alpha value is -3.82. The van der Waals surface area contributed by atoms with E-state index in [0.717, 1.165) is 5.56 Å². The van der Waals surface area contributed by atoms with E-state index in [2.05, 4.69) is 20.4 Å². The van der Waals surface area contributed by atoms with Crippen LogP contribution in [0.3, 0.4) is 0 Å². The zero-order valence-electron chi connectivity index (χ0n) is 16.2. The lowest BCUT2D eigenvalue weighted by atomic mass is 9.95. The Morgan fingerprint density at radius 1 is 1.27 bits per heavy atom. The minimum atomic E-state index is -0.441. The van der Waals surface area contributed by atoms with Gasteiger partial charge in [0.2, 0.25) is 5.91 Å². The summed E-state index contributed by atoms with van der Waals surface area (Å²) in [6, 6.07) is 5.71. The number of anilines is 1. The maximum Gasteiger partial charge on any atom is 0.273 e. The topological polar surface area (TPSA) is 119 Å². The van der Waals surface area contributed by atoms with Crippen molar-refractivity contribution in [2.45, 2.75) is 12.5 Å². The van der Waals surface area contributed by atoms with E-state index in [1.165, 1.54) is 24.5 Å². The van der Waals surface area contributed by atoms with Crippen LogP contribution in [0.25, 0.3) is 5.69 Å². The monoisotopic (exact) mass is 409 g/mol. The molecule has 0 unspecified atom stereocenters. The summed E-state index contributed by atoms with van der Waals surface area (Å²) in [7, 11) is 1.73. The molecular weight excluding hydrogens is 389 g/mol. The number of nitrogens with two attached hydrogens (primary N) is 1. The zero-order chi connectivity index (χ0) is 21.3. The largest absolute Gasteiger partial charge is 0.382 e. The second-order valence-corrected chi connectivity index (χ2v) is 7.11. The number of nitrogen functional groups attached to an aromatic ring is 1. The Morgan fingerprint density at radius 3 is 2.73 bits per heavy atom. The van der Waals surface area contributed by atoms with Crippen LogP contribution in [-0.2, 0) is 4.79 Å². The molecule has 9 nitrogen and oxygen atoms in total. The maximum absolute atomic E-state index is 13.2. The third-order valence-corrected chi connectivity index (χ3v) is 5.20. The van der Waals surface area contributed by atoms with Crippen molar-refractivity contribution >= 4 is 17.6 Å². The number of aromatic nitrogens is 4. The van der Waals surface area contributed by atoms with Crippen molar-refractivity contribution < 1.29 is 14.0 Å². The van der Waals surface area contributed by atoms with E-state index in [9.17, 15) is 14.0 Å². The van der Waals surface area contributed by atoms with E-state index in [0.29, 0.717) is 12.1 Å². The zero-order valence-corrected chi connectivity index (χ0v) is 16.2. The second kappa shape index (κ2) is 7.90. The number of benzene rings is 1. The first kappa shape index (κ1) is 19.5. The summed E-state index contributed by atoms with van der Waals surface area (Å²) in [5, 5.41) is 7.14. The highest BCUT2D eigenvalue weighted by Crippen LogP contribution is 2.36. The van der Waals surface area contributed by atoms with Crippen LogP contribution < -0.4 is 11.1 Å². The molecule has 0 radical (unpaired) electrons. The third kappa shape index (κ3) is 3.71. The molecule has 0 aliphatic carbocycles. The molecule has 2 amide bonds. The van der Waals surface area contributed by atoms with Crippen LogP contribution in [0.1, 0.15) is 28.5 Å². The van der Waals surface area contributed by atoms with Crippen LogP contribution in [0.2, 0.25) is 0 Å². The molecule has 2 atom stereocenters. The fourth-order valence-electron chi connectivity index (χ4n) is 3.69. The first-order chi connectivity index (χ1) is 14.4. The van der Waals surface area contributed by atoms with Crippen LogP contribution in [-0.4, -0.2) is 50.1 Å². The molecule has 4 rings (SSSR count). The minimum Gasteiger partial charge on any atom is -0.382 e. The maximum atomic E-state index is 13.2. The summed E-state index contributed by atoms with van der Waals surface area (Å²) >= 11 is 0. The number of rotatable bonds is 5. The highest BCUT2D eigenvalue weighted by Gasteiger charge is 2.39. The van der Waals surface area contributed by atoms with E-state index < -0.39 is 5.91 Å². The van der Waals surface area contributed by atoms with E-state index in [1.54, 1.807) is 35.0 Å². The Balaban J connectivity index is 1.51. The number of nitrogens with one attached hydrogen (secondary N) is 1. The number of hydrogen-bond acceptors (Lipinski definition) is 6.